The van der Waals surface area contributed by atoms with Crippen LogP contribution in [-0.4, -0.2) is 15.9 Å². The first kappa shape index (κ1) is 21.1. The van der Waals surface area contributed by atoms with Gasteiger partial charge in [-0.15, -0.1) is 0 Å². The number of phosphoric acid groups is 1. The molecule has 0 aromatic carbocycles. The van der Waals surface area contributed by atoms with Crippen molar-refractivity contribution in [3.8, 4) is 0 Å². The number of hydrogen-bond acceptors (Lipinski definition) is 2. The number of unbranched alkanes of at least 4 members (excludes halogenated alkanes) is 4. The van der Waals surface area contributed by atoms with Crippen LogP contribution in [-0.2, 0) is 9.09 Å². The van der Waals surface area contributed by atoms with Crippen molar-refractivity contribution >= 4 is 7.82 Å². The van der Waals surface area contributed by atoms with Crippen molar-refractivity contribution in [2.24, 2.45) is 5.41 Å². The Labute approximate surface area is 130 Å². The van der Waals surface area contributed by atoms with Gasteiger partial charge in [0.15, 0.2) is 0 Å². The lowest BCUT2D eigenvalue weighted by Gasteiger charge is -2.39. The van der Waals surface area contributed by atoms with Crippen LogP contribution in [0.15, 0.2) is 0 Å². The Morgan fingerprint density at radius 1 is 0.952 bits per heavy atom. The smallest absolute Gasteiger partial charge is 0.303 e. The summed E-state index contributed by atoms with van der Waals surface area (Å²) in [6.45, 7) is 8.53. The molecule has 0 amide bonds. The molecule has 5 heteroatoms. The Morgan fingerprint density at radius 3 is 1.95 bits per heavy atom. The molecule has 21 heavy (non-hydrogen) atoms. The normalized spacial score (nSPS) is 14.4. The maximum atomic E-state index is 11.4. The van der Waals surface area contributed by atoms with E-state index in [0.717, 1.165) is 57.8 Å². The summed E-state index contributed by atoms with van der Waals surface area (Å²) in [7, 11) is -4.43. The molecule has 0 saturated carbocycles. The highest BCUT2D eigenvalue weighted by Crippen LogP contribution is 2.48. The highest BCUT2D eigenvalue weighted by atomic mass is 31.2. The maximum Gasteiger partial charge on any atom is 0.469 e. The fourth-order valence-corrected chi connectivity index (χ4v) is 3.80. The Morgan fingerprint density at radius 2 is 1.52 bits per heavy atom. The van der Waals surface area contributed by atoms with Gasteiger partial charge >= 0.3 is 7.82 Å². The molecule has 0 spiro atoms. The summed E-state index contributed by atoms with van der Waals surface area (Å²) >= 11 is 0. The monoisotopic (exact) mass is 322 g/mol. The van der Waals surface area contributed by atoms with Gasteiger partial charge in [-0.05, 0) is 31.1 Å². The zero-order valence-corrected chi connectivity index (χ0v) is 15.2. The van der Waals surface area contributed by atoms with Crippen LogP contribution >= 0.6 is 7.82 Å². The minimum absolute atomic E-state index is 0.108. The SMILES string of the molecule is CCCCCCC(OP(=O)(O)O)C(CC)(CC)CCCC. The molecule has 1 unspecified atom stereocenters. The molecule has 0 aromatic heterocycles. The molecule has 0 heterocycles. The molecule has 0 radical (unpaired) electrons. The van der Waals surface area contributed by atoms with Gasteiger partial charge in [-0.1, -0.05) is 66.2 Å². The van der Waals surface area contributed by atoms with Crippen molar-refractivity contribution in [1.82, 2.24) is 0 Å². The summed E-state index contributed by atoms with van der Waals surface area (Å²) in [5.41, 5.74) is -0.108. The summed E-state index contributed by atoms with van der Waals surface area (Å²) in [4.78, 5) is 18.5. The molecule has 0 saturated heterocycles. The highest BCUT2D eigenvalue weighted by Gasteiger charge is 2.39. The first-order valence-electron chi connectivity index (χ1n) is 8.59. The van der Waals surface area contributed by atoms with E-state index in [1.165, 1.54) is 6.42 Å². The van der Waals surface area contributed by atoms with Crippen LogP contribution in [0, 0.1) is 5.41 Å². The molecule has 1 atom stereocenters. The van der Waals surface area contributed by atoms with E-state index >= 15 is 0 Å². The average molecular weight is 322 g/mol. The van der Waals surface area contributed by atoms with Crippen LogP contribution in [0.2, 0.25) is 0 Å². The fourth-order valence-electron chi connectivity index (χ4n) is 3.14. The largest absolute Gasteiger partial charge is 0.469 e. The van der Waals surface area contributed by atoms with Gasteiger partial charge in [0.1, 0.15) is 0 Å². The van der Waals surface area contributed by atoms with Crippen LogP contribution in [0.1, 0.15) is 91.9 Å². The first-order chi connectivity index (χ1) is 9.85. The Bertz CT molecular complexity index is 297. The Balaban J connectivity index is 4.95. The van der Waals surface area contributed by atoms with E-state index in [-0.39, 0.29) is 11.5 Å². The van der Waals surface area contributed by atoms with Crippen LogP contribution < -0.4 is 0 Å². The molecule has 0 bridgehead atoms. The Hall–Kier alpha value is 0.110. The lowest BCUT2D eigenvalue weighted by atomic mass is 9.72. The number of rotatable bonds is 13. The van der Waals surface area contributed by atoms with E-state index < -0.39 is 7.82 Å². The molecule has 0 aromatic rings. The van der Waals surface area contributed by atoms with Gasteiger partial charge in [0.25, 0.3) is 0 Å². The first-order valence-corrected chi connectivity index (χ1v) is 10.1. The summed E-state index contributed by atoms with van der Waals surface area (Å²) in [5, 5.41) is 0. The van der Waals surface area contributed by atoms with Crippen LogP contribution in [0.5, 0.6) is 0 Å². The van der Waals surface area contributed by atoms with E-state index in [4.69, 9.17) is 4.52 Å². The molecule has 0 aliphatic rings. The Kier molecular flexibility index (Phi) is 10.8. The molecule has 0 fully saturated rings. The lowest BCUT2D eigenvalue weighted by molar-refractivity contribution is 0.000723. The number of hydrogen-bond donors (Lipinski definition) is 2. The van der Waals surface area contributed by atoms with E-state index in [1.54, 1.807) is 0 Å². The third-order valence-electron chi connectivity index (χ3n) is 4.70. The second kappa shape index (κ2) is 10.8. The predicted molar refractivity (Wildman–Crippen MR) is 88.2 cm³/mol. The van der Waals surface area contributed by atoms with Crippen molar-refractivity contribution in [2.75, 3.05) is 0 Å². The number of phosphoric ester groups is 1. The van der Waals surface area contributed by atoms with Crippen molar-refractivity contribution in [3.63, 3.8) is 0 Å². The van der Waals surface area contributed by atoms with Gasteiger partial charge in [0.2, 0.25) is 0 Å². The van der Waals surface area contributed by atoms with Crippen molar-refractivity contribution in [1.29, 1.82) is 0 Å². The minimum atomic E-state index is -4.43. The second-order valence-corrected chi connectivity index (χ2v) is 7.30. The summed E-state index contributed by atoms with van der Waals surface area (Å²) < 4.78 is 16.6. The van der Waals surface area contributed by atoms with Gasteiger partial charge in [-0.3, -0.25) is 4.52 Å². The molecule has 0 aliphatic heterocycles. The quantitative estimate of drug-likeness (QED) is 0.350. The second-order valence-electron chi connectivity index (χ2n) is 6.11. The van der Waals surface area contributed by atoms with Crippen LogP contribution in [0.25, 0.3) is 0 Å². The van der Waals surface area contributed by atoms with E-state index in [1.807, 2.05) is 0 Å². The molecular formula is C16H35O4P. The average Bonchev–Trinajstić information content (AvgIpc) is 2.43. The maximum absolute atomic E-state index is 11.4. The van der Waals surface area contributed by atoms with Gasteiger partial charge in [0, 0.05) is 0 Å². The lowest BCUT2D eigenvalue weighted by Crippen LogP contribution is -2.36. The van der Waals surface area contributed by atoms with Gasteiger partial charge < -0.3 is 9.79 Å². The topological polar surface area (TPSA) is 66.8 Å². The summed E-state index contributed by atoms with van der Waals surface area (Å²) in [6.07, 6.45) is 9.79. The third kappa shape index (κ3) is 8.35. The van der Waals surface area contributed by atoms with Crippen molar-refractivity contribution in [2.45, 2.75) is 98.0 Å². The van der Waals surface area contributed by atoms with Crippen molar-refractivity contribution in [3.05, 3.63) is 0 Å². The van der Waals surface area contributed by atoms with Crippen molar-refractivity contribution < 1.29 is 18.9 Å². The van der Waals surface area contributed by atoms with E-state index in [2.05, 4.69) is 27.7 Å². The summed E-state index contributed by atoms with van der Waals surface area (Å²) in [5.74, 6) is 0. The fraction of sp³-hybridized carbons (Fsp3) is 1.00. The molecule has 0 aliphatic carbocycles. The van der Waals surface area contributed by atoms with Crippen LogP contribution in [0.4, 0.5) is 0 Å². The van der Waals surface area contributed by atoms with Gasteiger partial charge in [0.05, 0.1) is 6.10 Å². The van der Waals surface area contributed by atoms with E-state index in [9.17, 15) is 14.4 Å². The highest BCUT2D eigenvalue weighted by molar-refractivity contribution is 7.46. The van der Waals surface area contributed by atoms with Gasteiger partial charge in [-0.2, -0.15) is 0 Å². The van der Waals surface area contributed by atoms with E-state index in [0.29, 0.717) is 0 Å². The standard InChI is InChI=1S/C16H35O4P/c1-5-9-11-12-13-15(20-21(17,18)19)16(7-3,8-4)14-10-6-2/h15H,5-14H2,1-4H3,(H2,17,18,19). The molecule has 4 nitrogen and oxygen atoms in total. The third-order valence-corrected chi connectivity index (χ3v) is 5.23. The van der Waals surface area contributed by atoms with Gasteiger partial charge in [-0.25, -0.2) is 4.57 Å². The molecule has 0 rings (SSSR count). The predicted octanol–water partition coefficient (Wildman–Crippen LogP) is 5.43. The zero-order chi connectivity index (χ0) is 16.4. The minimum Gasteiger partial charge on any atom is -0.303 e. The molecule has 128 valence electrons. The molecular weight excluding hydrogens is 287 g/mol. The zero-order valence-electron chi connectivity index (χ0n) is 14.3. The molecule has 2 N–H and O–H groups in total. The van der Waals surface area contributed by atoms with Crippen LogP contribution in [0.3, 0.4) is 0 Å². The summed E-state index contributed by atoms with van der Waals surface area (Å²) in [6, 6.07) is 0.